The van der Waals surface area contributed by atoms with Gasteiger partial charge >= 0.3 is 6.03 Å². The van der Waals surface area contributed by atoms with Crippen LogP contribution in [0.15, 0.2) is 34.9 Å². The van der Waals surface area contributed by atoms with Gasteiger partial charge < -0.3 is 15.0 Å². The van der Waals surface area contributed by atoms with E-state index in [1.807, 2.05) is 44.2 Å². The van der Waals surface area contributed by atoms with Crippen LogP contribution < -0.4 is 5.32 Å². The number of hydrogen-bond donors (Lipinski definition) is 1. The van der Waals surface area contributed by atoms with Gasteiger partial charge in [0, 0.05) is 23.8 Å². The maximum Gasteiger partial charge on any atom is 0.321 e. The van der Waals surface area contributed by atoms with Gasteiger partial charge in [-0.1, -0.05) is 28.1 Å². The number of amides is 2. The van der Waals surface area contributed by atoms with Crippen molar-refractivity contribution >= 4 is 28.0 Å². The smallest absolute Gasteiger partial charge is 0.321 e. The van der Waals surface area contributed by atoms with Crippen molar-refractivity contribution in [2.45, 2.75) is 26.1 Å². The fraction of sp³-hybridized carbons (Fsp3) is 0.400. The molecule has 0 bridgehead atoms. The molecule has 108 valence electrons. The maximum absolute atomic E-state index is 12.0. The molecule has 5 heteroatoms. The van der Waals surface area contributed by atoms with Gasteiger partial charge in [0.1, 0.15) is 0 Å². The van der Waals surface area contributed by atoms with E-state index in [0.717, 1.165) is 10.0 Å². The number of carbonyl (C=O) groups excluding carboxylic acids is 1. The summed E-state index contributed by atoms with van der Waals surface area (Å²) in [6.45, 7) is 5.21. The molecule has 0 saturated carbocycles. The zero-order chi connectivity index (χ0) is 14.5. The molecule has 1 saturated heterocycles. The number of benzene rings is 1. The lowest BCUT2D eigenvalue weighted by molar-refractivity contribution is -0.0541. The van der Waals surface area contributed by atoms with Gasteiger partial charge in [-0.15, -0.1) is 0 Å². The summed E-state index contributed by atoms with van der Waals surface area (Å²) in [4.78, 5) is 13.8. The molecule has 2 atom stereocenters. The van der Waals surface area contributed by atoms with Crippen molar-refractivity contribution in [1.82, 2.24) is 10.2 Å². The van der Waals surface area contributed by atoms with E-state index >= 15 is 0 Å². The molecule has 0 radical (unpaired) electrons. The Balaban J connectivity index is 1.86. The zero-order valence-corrected chi connectivity index (χ0v) is 13.3. The number of morpholine rings is 1. The van der Waals surface area contributed by atoms with Gasteiger partial charge in [-0.25, -0.2) is 4.79 Å². The fourth-order valence-corrected chi connectivity index (χ4v) is 2.48. The van der Waals surface area contributed by atoms with Gasteiger partial charge in [0.25, 0.3) is 0 Å². The van der Waals surface area contributed by atoms with Gasteiger partial charge in [-0.2, -0.15) is 0 Å². The Bertz CT molecular complexity index is 477. The summed E-state index contributed by atoms with van der Waals surface area (Å²) in [6, 6.07) is 7.80. The Morgan fingerprint density at radius 1 is 1.30 bits per heavy atom. The highest BCUT2D eigenvalue weighted by atomic mass is 79.9. The van der Waals surface area contributed by atoms with Crippen LogP contribution >= 0.6 is 15.9 Å². The second kappa shape index (κ2) is 6.90. The van der Waals surface area contributed by atoms with Crippen LogP contribution in [0, 0.1) is 0 Å². The number of urea groups is 1. The second-order valence-corrected chi connectivity index (χ2v) is 5.91. The Morgan fingerprint density at radius 2 is 1.90 bits per heavy atom. The summed E-state index contributed by atoms with van der Waals surface area (Å²) in [5.41, 5.74) is 1.04. The Kier molecular flexibility index (Phi) is 5.20. The van der Waals surface area contributed by atoms with Crippen LogP contribution in [0.4, 0.5) is 4.79 Å². The van der Waals surface area contributed by atoms with Crippen LogP contribution in [-0.4, -0.2) is 36.2 Å². The van der Waals surface area contributed by atoms with Crippen LogP contribution in [0.2, 0.25) is 0 Å². The lowest BCUT2D eigenvalue weighted by atomic mass is 10.2. The molecule has 1 fully saturated rings. The van der Waals surface area contributed by atoms with E-state index in [4.69, 9.17) is 4.74 Å². The molecule has 1 aliphatic rings. The minimum Gasteiger partial charge on any atom is -0.372 e. The average Bonchev–Trinajstić information content (AvgIpc) is 2.40. The number of ether oxygens (including phenoxy) is 1. The van der Waals surface area contributed by atoms with Gasteiger partial charge in [-0.3, -0.25) is 0 Å². The highest BCUT2D eigenvalue weighted by molar-refractivity contribution is 9.10. The molecular formula is C15H19BrN2O2. The molecule has 2 unspecified atom stereocenters. The molecule has 4 nitrogen and oxygen atoms in total. The topological polar surface area (TPSA) is 41.6 Å². The summed E-state index contributed by atoms with van der Waals surface area (Å²) in [7, 11) is 0. The average molecular weight is 339 g/mol. The Hall–Kier alpha value is -1.33. The molecule has 1 aromatic carbocycles. The molecule has 0 spiro atoms. The largest absolute Gasteiger partial charge is 0.372 e. The van der Waals surface area contributed by atoms with Gasteiger partial charge in [0.05, 0.1) is 12.2 Å². The quantitative estimate of drug-likeness (QED) is 0.899. The number of rotatable bonds is 2. The number of hydrogen-bond acceptors (Lipinski definition) is 2. The number of nitrogens with zero attached hydrogens (tertiary/aromatic N) is 1. The lowest BCUT2D eigenvalue weighted by Crippen LogP contribution is -2.50. The first-order valence-electron chi connectivity index (χ1n) is 6.67. The second-order valence-electron chi connectivity index (χ2n) is 5.00. The van der Waals surface area contributed by atoms with Crippen molar-refractivity contribution in [3.63, 3.8) is 0 Å². The van der Waals surface area contributed by atoms with Crippen molar-refractivity contribution in [2.24, 2.45) is 0 Å². The van der Waals surface area contributed by atoms with Gasteiger partial charge in [0.2, 0.25) is 0 Å². The molecule has 1 aliphatic heterocycles. The monoisotopic (exact) mass is 338 g/mol. The van der Waals surface area contributed by atoms with Crippen LogP contribution in [0.5, 0.6) is 0 Å². The molecule has 1 heterocycles. The van der Waals surface area contributed by atoms with Crippen LogP contribution in [0.1, 0.15) is 19.4 Å². The summed E-state index contributed by atoms with van der Waals surface area (Å²) >= 11 is 3.39. The SMILES string of the molecule is CC1CN(C(=O)N/C=C/c2ccc(Br)cc2)CC(C)O1. The fourth-order valence-electron chi connectivity index (χ4n) is 2.22. The minimum absolute atomic E-state index is 0.0830. The zero-order valence-electron chi connectivity index (χ0n) is 11.7. The molecule has 2 rings (SSSR count). The highest BCUT2D eigenvalue weighted by Gasteiger charge is 2.25. The predicted octanol–water partition coefficient (Wildman–Crippen LogP) is 3.24. The van der Waals surface area contributed by atoms with Crippen LogP contribution in [0.25, 0.3) is 6.08 Å². The molecule has 1 aromatic rings. The number of halogens is 1. The third kappa shape index (κ3) is 4.35. The molecular weight excluding hydrogens is 320 g/mol. The number of nitrogens with one attached hydrogen (secondary N) is 1. The van der Waals surface area contributed by atoms with Crippen molar-refractivity contribution in [2.75, 3.05) is 13.1 Å². The van der Waals surface area contributed by atoms with Gasteiger partial charge in [0.15, 0.2) is 0 Å². The van der Waals surface area contributed by atoms with Gasteiger partial charge in [-0.05, 0) is 37.6 Å². The molecule has 0 aromatic heterocycles. The summed E-state index contributed by atoms with van der Waals surface area (Å²) < 4.78 is 6.64. The Morgan fingerprint density at radius 3 is 2.50 bits per heavy atom. The minimum atomic E-state index is -0.0830. The number of carbonyl (C=O) groups is 1. The molecule has 1 N–H and O–H groups in total. The molecule has 0 aliphatic carbocycles. The predicted molar refractivity (Wildman–Crippen MR) is 83.3 cm³/mol. The summed E-state index contributed by atoms with van der Waals surface area (Å²) in [5, 5.41) is 2.80. The van der Waals surface area contributed by atoms with Crippen molar-refractivity contribution < 1.29 is 9.53 Å². The first-order valence-corrected chi connectivity index (χ1v) is 7.47. The highest BCUT2D eigenvalue weighted by Crippen LogP contribution is 2.12. The van der Waals surface area contributed by atoms with E-state index < -0.39 is 0 Å². The van der Waals surface area contributed by atoms with E-state index in [-0.39, 0.29) is 18.2 Å². The van der Waals surface area contributed by atoms with E-state index in [0.29, 0.717) is 13.1 Å². The first kappa shape index (κ1) is 15.1. The lowest BCUT2D eigenvalue weighted by Gasteiger charge is -2.34. The molecule has 20 heavy (non-hydrogen) atoms. The van der Waals surface area contributed by atoms with Crippen LogP contribution in [-0.2, 0) is 4.74 Å². The van der Waals surface area contributed by atoms with Crippen LogP contribution in [0.3, 0.4) is 0 Å². The summed E-state index contributed by atoms with van der Waals surface area (Å²) in [6.07, 6.45) is 3.72. The normalized spacial score (nSPS) is 23.1. The van der Waals surface area contributed by atoms with E-state index in [1.165, 1.54) is 0 Å². The third-order valence-electron chi connectivity index (χ3n) is 3.06. The van der Waals surface area contributed by atoms with E-state index in [9.17, 15) is 4.79 Å². The Labute approximate surface area is 127 Å². The summed E-state index contributed by atoms with van der Waals surface area (Å²) in [5.74, 6) is 0. The van der Waals surface area contributed by atoms with E-state index in [1.54, 1.807) is 11.1 Å². The van der Waals surface area contributed by atoms with E-state index in [2.05, 4.69) is 21.2 Å². The third-order valence-corrected chi connectivity index (χ3v) is 3.59. The van der Waals surface area contributed by atoms with Crippen molar-refractivity contribution in [1.29, 1.82) is 0 Å². The first-order chi connectivity index (χ1) is 9.54. The molecule has 2 amide bonds. The van der Waals surface area contributed by atoms with Crippen molar-refractivity contribution in [3.8, 4) is 0 Å². The standard InChI is InChI=1S/C15H19BrN2O2/c1-11-9-18(10-12(2)20-11)15(19)17-8-7-13-3-5-14(16)6-4-13/h3-8,11-12H,9-10H2,1-2H3,(H,17,19)/b8-7+. The van der Waals surface area contributed by atoms with Crippen molar-refractivity contribution in [3.05, 3.63) is 40.5 Å². The maximum atomic E-state index is 12.0.